The summed E-state index contributed by atoms with van der Waals surface area (Å²) in [7, 11) is 1.64. The minimum Gasteiger partial charge on any atom is -0.391 e. The fraction of sp³-hybridized carbons (Fsp3) is 0.861. The zero-order chi connectivity index (χ0) is 36.7. The van der Waals surface area contributed by atoms with E-state index in [1.165, 1.54) is 11.8 Å². The lowest BCUT2D eigenvalue weighted by Gasteiger charge is -2.36. The number of ether oxygens (including phenoxy) is 1. The monoisotopic (exact) mass is 694 g/mol. The number of hydrogen-bond acceptors (Lipinski definition) is 8. The molecule has 1 aliphatic carbocycles. The van der Waals surface area contributed by atoms with Gasteiger partial charge in [-0.05, 0) is 50.9 Å². The summed E-state index contributed by atoms with van der Waals surface area (Å²) >= 11 is 0. The van der Waals surface area contributed by atoms with Crippen molar-refractivity contribution in [3.8, 4) is 0 Å². The first kappa shape index (κ1) is 42.4. The Morgan fingerprint density at radius 1 is 0.878 bits per heavy atom. The van der Waals surface area contributed by atoms with Crippen molar-refractivity contribution in [1.29, 1.82) is 0 Å². The van der Waals surface area contributed by atoms with Crippen LogP contribution >= 0.6 is 0 Å². The average Bonchev–Trinajstić information content (AvgIpc) is 3.08. The maximum absolute atomic E-state index is 14.1. The molecule has 0 aromatic rings. The highest BCUT2D eigenvalue weighted by Crippen LogP contribution is 2.28. The Morgan fingerprint density at radius 3 is 2.12 bits per heavy atom. The molecule has 1 unspecified atom stereocenters. The molecular formula is C36H66N6O7. The van der Waals surface area contributed by atoms with Crippen LogP contribution in [0.1, 0.15) is 119 Å². The summed E-state index contributed by atoms with van der Waals surface area (Å²) in [6, 6.07) is -4.80. The highest BCUT2D eigenvalue weighted by Gasteiger charge is 2.39. The van der Waals surface area contributed by atoms with Gasteiger partial charge >= 0.3 is 0 Å². The molecule has 0 bridgehead atoms. The number of hydrogen-bond donors (Lipinski definition) is 6. The molecule has 1 aliphatic heterocycles. The standard InChI is InChI=1S/C36H66N6O7/c1-8-10-11-15-18-29-23(5)36(48)42(7)28(19-22(3)4)33(45)41-31(25-16-13-12-14-17-25)35(47)39-27(20-37)32(44)40-30(24(6)43)34(46)38-26(9-2)21-49-29/h22-31,43H,8-21,37H2,1-7H3,(H,38,46)(H,39,47)(H,40,44)(H,41,45)/t23-,24?,26-,27+,28+,29-,30+,31+/m1/s1. The summed E-state index contributed by atoms with van der Waals surface area (Å²) in [6.45, 7) is 11.0. The molecule has 7 N–H and O–H groups in total. The van der Waals surface area contributed by atoms with Crippen molar-refractivity contribution in [2.24, 2.45) is 23.5 Å². The first-order valence-electron chi connectivity index (χ1n) is 18.7. The van der Waals surface area contributed by atoms with Crippen LogP contribution in [0.25, 0.3) is 0 Å². The molecule has 5 amide bonds. The molecule has 0 spiro atoms. The molecule has 0 aromatic heterocycles. The van der Waals surface area contributed by atoms with Gasteiger partial charge in [-0.25, -0.2) is 0 Å². The fourth-order valence-electron chi connectivity index (χ4n) is 6.83. The van der Waals surface area contributed by atoms with Gasteiger partial charge in [0.1, 0.15) is 24.2 Å². The molecule has 0 radical (unpaired) electrons. The van der Waals surface area contributed by atoms with Crippen molar-refractivity contribution in [3.05, 3.63) is 0 Å². The third-order valence-corrected chi connectivity index (χ3v) is 10.1. The van der Waals surface area contributed by atoms with Crippen LogP contribution in [-0.4, -0.2) is 102 Å². The molecule has 2 rings (SSSR count). The molecule has 1 saturated carbocycles. The lowest BCUT2D eigenvalue weighted by Crippen LogP contribution is -2.62. The van der Waals surface area contributed by atoms with Gasteiger partial charge in [-0.15, -0.1) is 0 Å². The minimum absolute atomic E-state index is 0.0760. The molecule has 282 valence electrons. The third kappa shape index (κ3) is 13.1. The van der Waals surface area contributed by atoms with Gasteiger partial charge in [0.05, 0.1) is 30.8 Å². The molecule has 13 heteroatoms. The Morgan fingerprint density at radius 2 is 1.55 bits per heavy atom. The second-order valence-corrected chi connectivity index (χ2v) is 14.6. The number of nitrogens with two attached hydrogens (primary N) is 1. The van der Waals surface area contributed by atoms with Gasteiger partial charge in [0.2, 0.25) is 29.5 Å². The molecule has 8 atom stereocenters. The molecule has 0 aromatic carbocycles. The second kappa shape index (κ2) is 21.4. The van der Waals surface area contributed by atoms with Crippen LogP contribution in [0.2, 0.25) is 0 Å². The number of unbranched alkanes of at least 4 members (excludes halogenated alkanes) is 3. The van der Waals surface area contributed by atoms with E-state index in [0.29, 0.717) is 19.3 Å². The van der Waals surface area contributed by atoms with E-state index in [-0.39, 0.29) is 30.9 Å². The molecule has 2 aliphatic rings. The Kier molecular flexibility index (Phi) is 18.6. The van der Waals surface area contributed by atoms with Gasteiger partial charge in [0.25, 0.3) is 0 Å². The largest absolute Gasteiger partial charge is 0.391 e. The first-order valence-corrected chi connectivity index (χ1v) is 18.7. The highest BCUT2D eigenvalue weighted by atomic mass is 16.5. The highest BCUT2D eigenvalue weighted by molar-refractivity contribution is 5.96. The summed E-state index contributed by atoms with van der Waals surface area (Å²) in [5.41, 5.74) is 5.95. The first-order chi connectivity index (χ1) is 23.2. The maximum atomic E-state index is 14.1. The van der Waals surface area contributed by atoms with Crippen LogP contribution < -0.4 is 27.0 Å². The number of carbonyl (C=O) groups excluding carboxylic acids is 5. The molecule has 2 fully saturated rings. The molecule has 49 heavy (non-hydrogen) atoms. The fourth-order valence-corrected chi connectivity index (χ4v) is 6.83. The summed E-state index contributed by atoms with van der Waals surface area (Å²) in [5, 5.41) is 21.7. The lowest BCUT2D eigenvalue weighted by molar-refractivity contribution is -0.147. The number of aliphatic hydroxyl groups excluding tert-OH is 1. The lowest BCUT2D eigenvalue weighted by atomic mass is 9.83. The molecular weight excluding hydrogens is 628 g/mol. The Labute approximate surface area is 294 Å². The zero-order valence-electron chi connectivity index (χ0n) is 31.1. The number of amides is 5. The van der Waals surface area contributed by atoms with Crippen molar-refractivity contribution in [1.82, 2.24) is 26.2 Å². The van der Waals surface area contributed by atoms with Gasteiger partial charge in [-0.1, -0.05) is 79.6 Å². The van der Waals surface area contributed by atoms with Crippen molar-refractivity contribution in [2.45, 2.75) is 161 Å². The smallest absolute Gasteiger partial charge is 0.245 e. The van der Waals surface area contributed by atoms with E-state index in [1.54, 1.807) is 7.05 Å². The zero-order valence-corrected chi connectivity index (χ0v) is 31.1. The number of nitrogens with one attached hydrogen (secondary N) is 4. The molecule has 13 nitrogen and oxygen atoms in total. The summed E-state index contributed by atoms with van der Waals surface area (Å²) in [5.74, 6) is -3.23. The Hall–Kier alpha value is -2.77. The van der Waals surface area contributed by atoms with Crippen molar-refractivity contribution < 1.29 is 33.8 Å². The summed E-state index contributed by atoms with van der Waals surface area (Å²) in [6.07, 6.45) is 8.04. The van der Waals surface area contributed by atoms with Crippen LogP contribution in [0.3, 0.4) is 0 Å². The summed E-state index contributed by atoms with van der Waals surface area (Å²) < 4.78 is 6.39. The maximum Gasteiger partial charge on any atom is 0.245 e. The Balaban J connectivity index is 2.58. The van der Waals surface area contributed by atoms with Crippen LogP contribution in [-0.2, 0) is 28.7 Å². The van der Waals surface area contributed by atoms with Crippen LogP contribution in [0.5, 0.6) is 0 Å². The van der Waals surface area contributed by atoms with E-state index >= 15 is 0 Å². The van der Waals surface area contributed by atoms with Crippen LogP contribution in [0.15, 0.2) is 0 Å². The number of rotatable bonds is 11. The quantitative estimate of drug-likeness (QED) is 0.177. The van der Waals surface area contributed by atoms with Gasteiger partial charge in [-0.2, -0.15) is 0 Å². The molecule has 1 heterocycles. The van der Waals surface area contributed by atoms with Gasteiger partial charge in [0.15, 0.2) is 0 Å². The van der Waals surface area contributed by atoms with Crippen LogP contribution in [0, 0.1) is 17.8 Å². The Bertz CT molecular complexity index is 1070. The normalized spacial score (nSPS) is 30.0. The summed E-state index contributed by atoms with van der Waals surface area (Å²) in [4.78, 5) is 70.5. The number of carbonyl (C=O) groups is 5. The van der Waals surface area contributed by atoms with E-state index in [4.69, 9.17) is 10.5 Å². The number of likely N-dealkylation sites (N-methyl/N-ethyl adjacent to an activating group) is 1. The topological polar surface area (TPSA) is 192 Å². The van der Waals surface area contributed by atoms with Gasteiger partial charge in [0, 0.05) is 13.6 Å². The second-order valence-electron chi connectivity index (χ2n) is 14.6. The van der Waals surface area contributed by atoms with Gasteiger partial charge in [-0.3, -0.25) is 24.0 Å². The predicted octanol–water partition coefficient (Wildman–Crippen LogP) is 2.13. The number of aliphatic hydroxyl groups is 1. The van der Waals surface area contributed by atoms with E-state index < -0.39 is 72.0 Å². The van der Waals surface area contributed by atoms with Crippen LogP contribution in [0.4, 0.5) is 0 Å². The van der Waals surface area contributed by atoms with Gasteiger partial charge < -0.3 is 41.7 Å². The number of nitrogens with zero attached hydrogens (tertiary/aromatic N) is 1. The predicted molar refractivity (Wildman–Crippen MR) is 189 cm³/mol. The molecule has 1 saturated heterocycles. The SMILES string of the molecule is CCCCCC[C@H]1OC[C@@H](CC)NC(=O)[C@H](C(C)O)NC(=O)[C@H](CN)NC(=O)[C@H](C2CCCCC2)NC(=O)[C@H](CC(C)C)N(C)C(=O)[C@@H]1C. The van der Waals surface area contributed by atoms with E-state index in [2.05, 4.69) is 28.2 Å². The third-order valence-electron chi connectivity index (χ3n) is 10.1. The van der Waals surface area contributed by atoms with E-state index in [1.807, 2.05) is 27.7 Å². The average molecular weight is 695 g/mol. The van der Waals surface area contributed by atoms with Crippen molar-refractivity contribution in [3.63, 3.8) is 0 Å². The van der Waals surface area contributed by atoms with Crippen molar-refractivity contribution >= 4 is 29.5 Å². The minimum atomic E-state index is -1.32. The van der Waals surface area contributed by atoms with E-state index in [9.17, 15) is 29.1 Å². The van der Waals surface area contributed by atoms with Crippen molar-refractivity contribution in [2.75, 3.05) is 20.2 Å². The van der Waals surface area contributed by atoms with E-state index in [0.717, 1.165) is 57.8 Å².